The molecule has 2 aliphatic heterocycles. The Balaban J connectivity index is 1.55. The summed E-state index contributed by atoms with van der Waals surface area (Å²) in [5.74, 6) is 0.916. The zero-order chi connectivity index (χ0) is 18.6. The van der Waals surface area contributed by atoms with Gasteiger partial charge in [-0.2, -0.15) is 0 Å². The third-order valence-electron chi connectivity index (χ3n) is 6.00. The standard InChI is InChI=1S/C23H27ClN2O/c24-22-12-6-5-11-20(22)23(27)26-16-19(15-25-13-7-2-8-14-25)21(17-26)18-9-3-1-4-10-18/h1,3-6,9-12,19,21H,2,7-8,13-17H2/t19-,21-/m0/s1. The van der Waals surface area contributed by atoms with Crippen LogP contribution in [0.2, 0.25) is 5.02 Å². The van der Waals surface area contributed by atoms with E-state index in [0.29, 0.717) is 22.4 Å². The summed E-state index contributed by atoms with van der Waals surface area (Å²) in [6.45, 7) is 5.03. The van der Waals surface area contributed by atoms with E-state index in [1.54, 1.807) is 6.07 Å². The fourth-order valence-electron chi connectivity index (χ4n) is 4.58. The van der Waals surface area contributed by atoms with E-state index in [4.69, 9.17) is 11.6 Å². The van der Waals surface area contributed by atoms with Gasteiger partial charge >= 0.3 is 0 Å². The molecule has 3 nitrogen and oxygen atoms in total. The maximum atomic E-state index is 13.1. The van der Waals surface area contributed by atoms with E-state index in [2.05, 4.69) is 35.2 Å². The van der Waals surface area contributed by atoms with Crippen LogP contribution in [0.25, 0.3) is 0 Å². The summed E-state index contributed by atoms with van der Waals surface area (Å²) in [5.41, 5.74) is 1.96. The van der Waals surface area contributed by atoms with Gasteiger partial charge in [0.1, 0.15) is 0 Å². The highest BCUT2D eigenvalue weighted by Crippen LogP contribution is 2.35. The molecule has 2 fully saturated rings. The van der Waals surface area contributed by atoms with Crippen molar-refractivity contribution in [2.45, 2.75) is 25.2 Å². The van der Waals surface area contributed by atoms with Crippen molar-refractivity contribution in [1.82, 2.24) is 9.80 Å². The van der Waals surface area contributed by atoms with Crippen LogP contribution in [0.1, 0.15) is 41.1 Å². The Morgan fingerprint density at radius 1 is 0.926 bits per heavy atom. The van der Waals surface area contributed by atoms with Crippen LogP contribution >= 0.6 is 11.6 Å². The van der Waals surface area contributed by atoms with E-state index >= 15 is 0 Å². The number of carbonyl (C=O) groups excluding carboxylic acids is 1. The van der Waals surface area contributed by atoms with Crippen LogP contribution < -0.4 is 0 Å². The number of rotatable bonds is 4. The monoisotopic (exact) mass is 382 g/mol. The number of hydrogen-bond acceptors (Lipinski definition) is 2. The van der Waals surface area contributed by atoms with Crippen LogP contribution in [-0.2, 0) is 0 Å². The minimum Gasteiger partial charge on any atom is -0.338 e. The van der Waals surface area contributed by atoms with Crippen LogP contribution in [0.15, 0.2) is 54.6 Å². The molecule has 4 rings (SSSR count). The number of benzene rings is 2. The lowest BCUT2D eigenvalue weighted by atomic mass is 9.88. The van der Waals surface area contributed by atoms with Crippen molar-refractivity contribution in [3.8, 4) is 0 Å². The van der Waals surface area contributed by atoms with Gasteiger partial charge in [-0.05, 0) is 49.5 Å². The summed E-state index contributed by atoms with van der Waals surface area (Å²) in [4.78, 5) is 17.7. The zero-order valence-corrected chi connectivity index (χ0v) is 16.4. The summed E-state index contributed by atoms with van der Waals surface area (Å²) in [6, 6.07) is 18.1. The maximum Gasteiger partial charge on any atom is 0.255 e. The second-order valence-corrected chi connectivity index (χ2v) is 8.24. The molecule has 27 heavy (non-hydrogen) atoms. The molecule has 0 N–H and O–H groups in total. The van der Waals surface area contributed by atoms with Gasteiger partial charge in [0, 0.05) is 25.6 Å². The van der Waals surface area contributed by atoms with Crippen LogP contribution in [0, 0.1) is 5.92 Å². The highest BCUT2D eigenvalue weighted by molar-refractivity contribution is 6.33. The van der Waals surface area contributed by atoms with Crippen molar-refractivity contribution in [1.29, 1.82) is 0 Å². The second kappa shape index (κ2) is 8.45. The quantitative estimate of drug-likeness (QED) is 0.766. The van der Waals surface area contributed by atoms with Crippen LogP contribution in [-0.4, -0.2) is 48.4 Å². The van der Waals surface area contributed by atoms with Gasteiger partial charge in [-0.25, -0.2) is 0 Å². The number of carbonyl (C=O) groups is 1. The van der Waals surface area contributed by atoms with E-state index < -0.39 is 0 Å². The average molecular weight is 383 g/mol. The van der Waals surface area contributed by atoms with E-state index in [9.17, 15) is 4.79 Å². The number of piperidine rings is 1. The van der Waals surface area contributed by atoms with E-state index in [1.165, 1.54) is 37.9 Å². The van der Waals surface area contributed by atoms with Gasteiger partial charge in [-0.3, -0.25) is 4.79 Å². The number of likely N-dealkylation sites (tertiary alicyclic amines) is 2. The maximum absolute atomic E-state index is 13.1. The SMILES string of the molecule is O=C(c1ccccc1Cl)N1C[C@H](CN2CCCCC2)[C@H](c2ccccc2)C1. The molecule has 142 valence electrons. The minimum atomic E-state index is 0.0580. The Hall–Kier alpha value is -1.84. The molecule has 0 aromatic heterocycles. The van der Waals surface area contributed by atoms with Gasteiger partial charge < -0.3 is 9.80 Å². The Morgan fingerprint density at radius 3 is 2.37 bits per heavy atom. The van der Waals surface area contributed by atoms with Crippen LogP contribution in [0.4, 0.5) is 0 Å². The molecule has 4 heteroatoms. The highest BCUT2D eigenvalue weighted by atomic mass is 35.5. The van der Waals surface area contributed by atoms with E-state index in [1.807, 2.05) is 23.1 Å². The van der Waals surface area contributed by atoms with Gasteiger partial charge in [-0.15, -0.1) is 0 Å². The lowest BCUT2D eigenvalue weighted by molar-refractivity contribution is 0.0782. The molecular formula is C23H27ClN2O. The first-order valence-electron chi connectivity index (χ1n) is 10.0. The molecule has 0 bridgehead atoms. The lowest BCUT2D eigenvalue weighted by Crippen LogP contribution is -2.36. The first-order chi connectivity index (χ1) is 13.2. The third kappa shape index (κ3) is 4.20. The fourth-order valence-corrected chi connectivity index (χ4v) is 4.80. The van der Waals surface area contributed by atoms with Crippen molar-refractivity contribution in [2.75, 3.05) is 32.7 Å². The van der Waals surface area contributed by atoms with Gasteiger partial charge in [0.15, 0.2) is 0 Å². The smallest absolute Gasteiger partial charge is 0.255 e. The summed E-state index contributed by atoms with van der Waals surface area (Å²) < 4.78 is 0. The summed E-state index contributed by atoms with van der Waals surface area (Å²) in [7, 11) is 0. The molecule has 2 aromatic rings. The predicted molar refractivity (Wildman–Crippen MR) is 110 cm³/mol. The summed E-state index contributed by atoms with van der Waals surface area (Å²) in [6.07, 6.45) is 3.94. The molecule has 0 saturated carbocycles. The predicted octanol–water partition coefficient (Wildman–Crippen LogP) is 4.68. The zero-order valence-electron chi connectivity index (χ0n) is 15.7. The first-order valence-corrected chi connectivity index (χ1v) is 10.4. The largest absolute Gasteiger partial charge is 0.338 e. The average Bonchev–Trinajstić information content (AvgIpc) is 3.13. The van der Waals surface area contributed by atoms with Crippen molar-refractivity contribution in [3.63, 3.8) is 0 Å². The molecule has 0 aliphatic carbocycles. The Labute approximate surface area is 166 Å². The minimum absolute atomic E-state index is 0.0580. The third-order valence-corrected chi connectivity index (χ3v) is 6.33. The molecule has 2 aromatic carbocycles. The molecule has 0 spiro atoms. The van der Waals surface area contributed by atoms with Crippen molar-refractivity contribution in [2.24, 2.45) is 5.92 Å². The second-order valence-electron chi connectivity index (χ2n) is 7.83. The lowest BCUT2D eigenvalue weighted by Gasteiger charge is -2.31. The Morgan fingerprint density at radius 2 is 1.63 bits per heavy atom. The first kappa shape index (κ1) is 18.5. The molecule has 2 aliphatic rings. The van der Waals surface area contributed by atoms with Gasteiger partial charge in [-0.1, -0.05) is 60.5 Å². The number of nitrogens with zero attached hydrogens (tertiary/aromatic N) is 2. The van der Waals surface area contributed by atoms with Gasteiger partial charge in [0.2, 0.25) is 0 Å². The number of hydrogen-bond donors (Lipinski definition) is 0. The van der Waals surface area contributed by atoms with E-state index in [0.717, 1.165) is 19.6 Å². The topological polar surface area (TPSA) is 23.6 Å². The molecule has 0 radical (unpaired) electrons. The van der Waals surface area contributed by atoms with Crippen LogP contribution in [0.5, 0.6) is 0 Å². The van der Waals surface area contributed by atoms with Crippen molar-refractivity contribution in [3.05, 3.63) is 70.7 Å². The molecule has 2 heterocycles. The van der Waals surface area contributed by atoms with Gasteiger partial charge in [0.25, 0.3) is 5.91 Å². The molecule has 0 unspecified atom stereocenters. The van der Waals surface area contributed by atoms with Crippen LogP contribution in [0.3, 0.4) is 0 Å². The van der Waals surface area contributed by atoms with Crippen molar-refractivity contribution < 1.29 is 4.79 Å². The molecule has 2 atom stereocenters. The number of halogens is 1. The molecular weight excluding hydrogens is 356 g/mol. The number of amides is 1. The van der Waals surface area contributed by atoms with Crippen molar-refractivity contribution >= 4 is 17.5 Å². The Kier molecular flexibility index (Phi) is 5.80. The van der Waals surface area contributed by atoms with E-state index in [-0.39, 0.29) is 5.91 Å². The summed E-state index contributed by atoms with van der Waals surface area (Å²) >= 11 is 6.29. The normalized spacial score (nSPS) is 23.5. The fraction of sp³-hybridized carbons (Fsp3) is 0.435. The summed E-state index contributed by atoms with van der Waals surface area (Å²) in [5, 5.41) is 0.540. The Bertz CT molecular complexity index is 773. The highest BCUT2D eigenvalue weighted by Gasteiger charge is 2.37. The molecule has 2 saturated heterocycles. The molecule has 1 amide bonds. The van der Waals surface area contributed by atoms with Gasteiger partial charge in [0.05, 0.1) is 10.6 Å².